The van der Waals surface area contributed by atoms with Crippen LogP contribution in [-0.4, -0.2) is 38.3 Å². The van der Waals surface area contributed by atoms with Gasteiger partial charge in [-0.3, -0.25) is 10.2 Å². The maximum absolute atomic E-state index is 14.3. The molecule has 0 saturated heterocycles. The number of nitrogens with two attached hydrogens (primary N) is 1. The number of nitrogens with one attached hydrogen (secondary N) is 2. The van der Waals surface area contributed by atoms with Crippen molar-refractivity contribution in [1.29, 1.82) is 5.41 Å². The molecule has 5 rings (SSSR count). The monoisotopic (exact) mass is 448 g/mol. The fraction of sp³-hybridized carbons (Fsp3) is 0.500. The smallest absolute Gasteiger partial charge is 0.290 e. The van der Waals surface area contributed by atoms with Crippen LogP contribution in [0.3, 0.4) is 0 Å². The SMILES string of the molecule is CC.N=C(c1ncc(F)c(NC2CC3CCCC2CC3)n1)c1cc(F)cnc1N.O=CO. The first-order valence-corrected chi connectivity index (χ1v) is 10.8. The van der Waals surface area contributed by atoms with Crippen LogP contribution in [0, 0.1) is 28.9 Å². The summed E-state index contributed by atoms with van der Waals surface area (Å²) in [6.07, 6.45) is 9.05. The van der Waals surface area contributed by atoms with Crippen LogP contribution in [0.15, 0.2) is 18.5 Å². The number of anilines is 2. The van der Waals surface area contributed by atoms with Gasteiger partial charge in [-0.1, -0.05) is 33.1 Å². The van der Waals surface area contributed by atoms with Crippen molar-refractivity contribution in [1.82, 2.24) is 15.0 Å². The third kappa shape index (κ3) is 6.18. The maximum atomic E-state index is 14.3. The molecule has 0 aromatic carbocycles. The number of pyridine rings is 1. The largest absolute Gasteiger partial charge is 0.483 e. The van der Waals surface area contributed by atoms with Crippen LogP contribution >= 0.6 is 0 Å². The molecule has 174 valence electrons. The van der Waals surface area contributed by atoms with Gasteiger partial charge in [0.15, 0.2) is 17.5 Å². The van der Waals surface area contributed by atoms with Gasteiger partial charge in [0.2, 0.25) is 0 Å². The van der Waals surface area contributed by atoms with Crippen molar-refractivity contribution in [3.63, 3.8) is 0 Å². The zero-order chi connectivity index (χ0) is 23.7. The minimum absolute atomic E-state index is 0.00455. The molecule has 5 N–H and O–H groups in total. The molecule has 10 heteroatoms. The number of halogens is 2. The molecule has 2 bridgehead atoms. The standard InChI is InChI=1S/C19H22F2N6.C2H6.CH2O2/c20-12-7-13(17(23)24-8-12)16(22)19-25-9-14(21)18(27-19)26-15-6-10-2-1-3-11(15)5-4-10;1-2;2-1-3/h7-11,15,22H,1-6H2,(H2,23,24)(H,25,26,27);1-2H3;1H,(H,2,3). The number of nitrogens with zero attached hydrogens (tertiary/aromatic N) is 3. The fourth-order valence-corrected chi connectivity index (χ4v) is 4.31. The summed E-state index contributed by atoms with van der Waals surface area (Å²) in [5.41, 5.74) is 5.63. The van der Waals surface area contributed by atoms with E-state index in [0.29, 0.717) is 11.8 Å². The maximum Gasteiger partial charge on any atom is 0.290 e. The second-order valence-electron chi connectivity index (χ2n) is 7.58. The molecule has 8 nitrogen and oxygen atoms in total. The van der Waals surface area contributed by atoms with Gasteiger partial charge in [-0.2, -0.15) is 0 Å². The highest BCUT2D eigenvalue weighted by atomic mass is 19.1. The van der Waals surface area contributed by atoms with Crippen molar-refractivity contribution in [2.45, 2.75) is 58.4 Å². The lowest BCUT2D eigenvalue weighted by atomic mass is 9.80. The van der Waals surface area contributed by atoms with Crippen molar-refractivity contribution >= 4 is 23.8 Å². The highest BCUT2D eigenvalue weighted by Gasteiger charge is 2.34. The molecule has 3 aliphatic carbocycles. The van der Waals surface area contributed by atoms with Gasteiger partial charge in [0.05, 0.1) is 12.4 Å². The molecule has 3 saturated carbocycles. The van der Waals surface area contributed by atoms with E-state index in [4.69, 9.17) is 21.0 Å². The van der Waals surface area contributed by atoms with Gasteiger partial charge in [0, 0.05) is 11.6 Å². The minimum atomic E-state index is -0.612. The topological polar surface area (TPSA) is 138 Å². The van der Waals surface area contributed by atoms with E-state index in [1.54, 1.807) is 0 Å². The van der Waals surface area contributed by atoms with E-state index in [0.717, 1.165) is 37.7 Å². The predicted molar refractivity (Wildman–Crippen MR) is 119 cm³/mol. The van der Waals surface area contributed by atoms with Crippen molar-refractivity contribution < 1.29 is 18.7 Å². The molecule has 0 amide bonds. The van der Waals surface area contributed by atoms with Crippen LogP contribution in [0.4, 0.5) is 20.4 Å². The molecule has 3 atom stereocenters. The van der Waals surface area contributed by atoms with Gasteiger partial charge in [-0.05, 0) is 37.2 Å². The quantitative estimate of drug-likeness (QED) is 0.405. The van der Waals surface area contributed by atoms with Crippen molar-refractivity contribution in [3.8, 4) is 0 Å². The molecule has 3 unspecified atom stereocenters. The summed E-state index contributed by atoms with van der Waals surface area (Å²) in [6, 6.07) is 1.29. The zero-order valence-electron chi connectivity index (χ0n) is 18.3. The zero-order valence-corrected chi connectivity index (χ0v) is 18.3. The van der Waals surface area contributed by atoms with Gasteiger partial charge < -0.3 is 16.2 Å². The van der Waals surface area contributed by atoms with Crippen LogP contribution in [0.2, 0.25) is 0 Å². The van der Waals surface area contributed by atoms with Crippen LogP contribution in [0.1, 0.15) is 63.8 Å². The Balaban J connectivity index is 0.000000671. The minimum Gasteiger partial charge on any atom is -0.483 e. The first-order valence-electron chi connectivity index (χ1n) is 10.8. The fourth-order valence-electron chi connectivity index (χ4n) is 4.31. The Kier molecular flexibility index (Phi) is 9.42. The number of rotatable bonds is 4. The van der Waals surface area contributed by atoms with Gasteiger partial charge in [0.1, 0.15) is 17.3 Å². The highest BCUT2D eigenvalue weighted by Crippen LogP contribution is 2.40. The number of aromatic nitrogens is 3. The summed E-state index contributed by atoms with van der Waals surface area (Å²) >= 11 is 0. The van der Waals surface area contributed by atoms with Crippen LogP contribution in [0.25, 0.3) is 0 Å². The number of carbonyl (C=O) groups is 1. The van der Waals surface area contributed by atoms with Gasteiger partial charge in [-0.15, -0.1) is 0 Å². The van der Waals surface area contributed by atoms with Crippen LogP contribution < -0.4 is 11.1 Å². The Morgan fingerprint density at radius 3 is 2.66 bits per heavy atom. The van der Waals surface area contributed by atoms with Gasteiger partial charge >= 0.3 is 0 Å². The summed E-state index contributed by atoms with van der Waals surface area (Å²) in [5, 5.41) is 18.4. The lowest BCUT2D eigenvalue weighted by Crippen LogP contribution is -2.34. The lowest BCUT2D eigenvalue weighted by molar-refractivity contribution is -0.122. The number of hydrogen-bond acceptors (Lipinski definition) is 7. The van der Waals surface area contributed by atoms with Crippen molar-refractivity contribution in [2.24, 2.45) is 11.8 Å². The van der Waals surface area contributed by atoms with E-state index in [2.05, 4.69) is 20.3 Å². The Labute approximate surface area is 186 Å². The second-order valence-corrected chi connectivity index (χ2v) is 7.58. The van der Waals surface area contributed by atoms with E-state index < -0.39 is 11.6 Å². The third-order valence-electron chi connectivity index (χ3n) is 5.73. The average Bonchev–Trinajstić information content (AvgIpc) is 3.14. The summed E-state index contributed by atoms with van der Waals surface area (Å²) in [5.74, 6) is 0.106. The van der Waals surface area contributed by atoms with Crippen molar-refractivity contribution in [3.05, 3.63) is 41.5 Å². The molecule has 0 spiro atoms. The first-order chi connectivity index (χ1) is 15.4. The number of nitrogen functional groups attached to an aromatic ring is 1. The second kappa shape index (κ2) is 12.0. The average molecular weight is 449 g/mol. The van der Waals surface area contributed by atoms with E-state index in [1.807, 2.05) is 13.8 Å². The molecular weight excluding hydrogens is 418 g/mol. The van der Waals surface area contributed by atoms with E-state index in [9.17, 15) is 8.78 Å². The molecular formula is C22H30F2N6O2. The normalized spacial score (nSPS) is 21.2. The van der Waals surface area contributed by atoms with Gasteiger partial charge in [0.25, 0.3) is 6.47 Å². The third-order valence-corrected chi connectivity index (χ3v) is 5.73. The molecule has 0 radical (unpaired) electrons. The predicted octanol–water partition coefficient (Wildman–Crippen LogP) is 4.26. The van der Waals surface area contributed by atoms with Crippen LogP contribution in [-0.2, 0) is 4.79 Å². The summed E-state index contributed by atoms with van der Waals surface area (Å²) < 4.78 is 27.8. The lowest BCUT2D eigenvalue weighted by Gasteiger charge is -2.33. The Morgan fingerprint density at radius 2 is 1.94 bits per heavy atom. The molecule has 0 aliphatic heterocycles. The molecule has 3 aliphatic rings. The summed E-state index contributed by atoms with van der Waals surface area (Å²) in [6.45, 7) is 3.75. The Bertz CT molecular complexity index is 923. The molecule has 32 heavy (non-hydrogen) atoms. The Hall–Kier alpha value is -3.17. The van der Waals surface area contributed by atoms with E-state index in [-0.39, 0.29) is 41.2 Å². The molecule has 3 fully saturated rings. The molecule has 2 aromatic heterocycles. The first kappa shape index (κ1) is 25.1. The summed E-state index contributed by atoms with van der Waals surface area (Å²) in [4.78, 5) is 20.2. The summed E-state index contributed by atoms with van der Waals surface area (Å²) in [7, 11) is 0. The van der Waals surface area contributed by atoms with Crippen molar-refractivity contribution in [2.75, 3.05) is 11.1 Å². The van der Waals surface area contributed by atoms with Gasteiger partial charge in [-0.25, -0.2) is 23.7 Å². The highest BCUT2D eigenvalue weighted by molar-refractivity contribution is 6.11. The molecule has 2 aromatic rings. The molecule has 2 heterocycles. The van der Waals surface area contributed by atoms with E-state index in [1.165, 1.54) is 19.3 Å². The number of carboxylic acid groups (broad SMARTS) is 1. The van der Waals surface area contributed by atoms with E-state index >= 15 is 0 Å². The number of fused-ring (bicyclic) bond motifs is 4. The Morgan fingerprint density at radius 1 is 1.22 bits per heavy atom. The number of hydrogen-bond donors (Lipinski definition) is 4. The van der Waals surface area contributed by atoms with Crippen LogP contribution in [0.5, 0.6) is 0 Å².